The highest BCUT2D eigenvalue weighted by Gasteiger charge is 2.21. The van der Waals surface area contributed by atoms with Crippen LogP contribution in [0.2, 0.25) is 0 Å². The van der Waals surface area contributed by atoms with Crippen LogP contribution in [0.3, 0.4) is 0 Å². The zero-order chi connectivity index (χ0) is 16.9. The highest BCUT2D eigenvalue weighted by atomic mass is 16.5. The predicted molar refractivity (Wildman–Crippen MR) is 87.9 cm³/mol. The number of anilines is 1. The predicted octanol–water partition coefficient (Wildman–Crippen LogP) is 2.19. The zero-order valence-electron chi connectivity index (χ0n) is 13.7. The van der Waals surface area contributed by atoms with E-state index in [1.165, 1.54) is 0 Å². The molecule has 0 bridgehead atoms. The first-order valence-electron chi connectivity index (χ1n) is 7.54. The summed E-state index contributed by atoms with van der Waals surface area (Å²) in [4.78, 5) is 14.1. The number of aromatic nitrogens is 1. The van der Waals surface area contributed by atoms with Gasteiger partial charge in [0.05, 0.1) is 17.8 Å². The van der Waals surface area contributed by atoms with E-state index in [9.17, 15) is 9.90 Å². The van der Waals surface area contributed by atoms with E-state index in [0.717, 1.165) is 5.56 Å². The van der Waals surface area contributed by atoms with Gasteiger partial charge in [-0.1, -0.05) is 35.5 Å². The van der Waals surface area contributed by atoms with Crippen LogP contribution in [0.15, 0.2) is 40.9 Å². The molecule has 0 unspecified atom stereocenters. The Kier molecular flexibility index (Phi) is 5.52. The molecule has 1 aromatic carbocycles. The minimum Gasteiger partial charge on any atom is -0.389 e. The van der Waals surface area contributed by atoms with Crippen molar-refractivity contribution in [3.05, 3.63) is 47.7 Å². The number of aryl methyl sites for hydroxylation is 1. The van der Waals surface area contributed by atoms with Crippen LogP contribution in [0.25, 0.3) is 0 Å². The summed E-state index contributed by atoms with van der Waals surface area (Å²) in [5.74, 6) is 0.122. The minimum atomic E-state index is -0.891. The lowest BCUT2D eigenvalue weighted by Gasteiger charge is -2.28. The van der Waals surface area contributed by atoms with E-state index in [0.29, 0.717) is 24.7 Å². The molecule has 0 fully saturated rings. The first-order chi connectivity index (χ1) is 10.8. The van der Waals surface area contributed by atoms with Gasteiger partial charge in [0.15, 0.2) is 0 Å². The second kappa shape index (κ2) is 7.39. The molecular weight excluding hydrogens is 294 g/mol. The van der Waals surface area contributed by atoms with Crippen LogP contribution in [-0.4, -0.2) is 39.8 Å². The first-order valence-corrected chi connectivity index (χ1v) is 7.54. The molecule has 0 saturated heterocycles. The summed E-state index contributed by atoms with van der Waals surface area (Å²) < 4.78 is 4.99. The average Bonchev–Trinajstić information content (AvgIpc) is 2.83. The molecule has 2 N–H and O–H groups in total. The van der Waals surface area contributed by atoms with Gasteiger partial charge in [-0.2, -0.15) is 0 Å². The molecule has 2 aromatic rings. The van der Waals surface area contributed by atoms with Gasteiger partial charge in [-0.25, -0.2) is 0 Å². The van der Waals surface area contributed by atoms with Crippen LogP contribution in [-0.2, 0) is 11.3 Å². The lowest BCUT2D eigenvalue weighted by molar-refractivity contribution is -0.118. The maximum atomic E-state index is 12.2. The molecule has 6 heteroatoms. The number of benzene rings is 1. The lowest BCUT2D eigenvalue weighted by atomic mass is 10.1. The molecule has 0 aliphatic heterocycles. The molecule has 0 spiro atoms. The van der Waals surface area contributed by atoms with Crippen molar-refractivity contribution in [3.8, 4) is 0 Å². The third kappa shape index (κ3) is 6.22. The molecule has 0 radical (unpaired) electrons. The third-order valence-corrected chi connectivity index (χ3v) is 3.12. The number of rotatable bonds is 7. The number of carbonyl (C=O) groups excluding carboxylic acids is 1. The number of hydrogen-bond donors (Lipinski definition) is 2. The maximum Gasteiger partial charge on any atom is 0.240 e. The fraction of sp³-hybridized carbons (Fsp3) is 0.412. The Labute approximate surface area is 136 Å². The number of nitrogens with one attached hydrogen (secondary N) is 1. The molecule has 6 nitrogen and oxygen atoms in total. The van der Waals surface area contributed by atoms with Crippen molar-refractivity contribution in [2.24, 2.45) is 0 Å². The highest BCUT2D eigenvalue weighted by Crippen LogP contribution is 2.12. The molecule has 0 saturated carbocycles. The van der Waals surface area contributed by atoms with Gasteiger partial charge in [0.2, 0.25) is 11.8 Å². The monoisotopic (exact) mass is 317 g/mol. The fourth-order valence-electron chi connectivity index (χ4n) is 2.36. The molecular formula is C17H23N3O3. The Bertz CT molecular complexity index is 632. The van der Waals surface area contributed by atoms with Gasteiger partial charge in [0, 0.05) is 19.2 Å². The second-order valence-electron chi connectivity index (χ2n) is 6.32. The normalized spacial score (nSPS) is 11.7. The zero-order valence-corrected chi connectivity index (χ0v) is 13.7. The Morgan fingerprint density at radius 1 is 1.35 bits per heavy atom. The summed E-state index contributed by atoms with van der Waals surface area (Å²) in [6, 6.07) is 11.5. The van der Waals surface area contributed by atoms with E-state index in [-0.39, 0.29) is 12.5 Å². The van der Waals surface area contributed by atoms with E-state index in [1.54, 1.807) is 26.8 Å². The molecule has 23 heavy (non-hydrogen) atoms. The van der Waals surface area contributed by atoms with E-state index in [2.05, 4.69) is 10.5 Å². The molecule has 124 valence electrons. The van der Waals surface area contributed by atoms with Gasteiger partial charge in [-0.05, 0) is 26.3 Å². The summed E-state index contributed by atoms with van der Waals surface area (Å²) in [6.45, 7) is 6.34. The molecule has 1 heterocycles. The molecule has 2 rings (SSSR count). The van der Waals surface area contributed by atoms with Crippen molar-refractivity contribution in [1.82, 2.24) is 10.1 Å². The Morgan fingerprint density at radius 3 is 2.61 bits per heavy atom. The number of carbonyl (C=O) groups is 1. The van der Waals surface area contributed by atoms with Crippen LogP contribution in [0.1, 0.15) is 25.1 Å². The van der Waals surface area contributed by atoms with Gasteiger partial charge in [-0.15, -0.1) is 0 Å². The van der Waals surface area contributed by atoms with Gasteiger partial charge in [-0.3, -0.25) is 15.0 Å². The largest absolute Gasteiger partial charge is 0.389 e. The average molecular weight is 317 g/mol. The summed E-state index contributed by atoms with van der Waals surface area (Å²) >= 11 is 0. The first kappa shape index (κ1) is 17.2. The van der Waals surface area contributed by atoms with Crippen molar-refractivity contribution in [1.29, 1.82) is 0 Å². The van der Waals surface area contributed by atoms with Crippen molar-refractivity contribution in [3.63, 3.8) is 0 Å². The van der Waals surface area contributed by atoms with E-state index in [1.807, 2.05) is 35.2 Å². The van der Waals surface area contributed by atoms with Crippen LogP contribution in [0.4, 0.5) is 5.88 Å². The van der Waals surface area contributed by atoms with Crippen LogP contribution in [0.5, 0.6) is 0 Å². The van der Waals surface area contributed by atoms with Crippen LogP contribution in [0, 0.1) is 6.92 Å². The molecule has 0 aliphatic carbocycles. The van der Waals surface area contributed by atoms with Crippen molar-refractivity contribution < 1.29 is 14.4 Å². The highest BCUT2D eigenvalue weighted by molar-refractivity contribution is 5.90. The number of amides is 1. The van der Waals surface area contributed by atoms with Gasteiger partial charge < -0.3 is 9.63 Å². The van der Waals surface area contributed by atoms with Crippen LogP contribution < -0.4 is 5.32 Å². The quantitative estimate of drug-likeness (QED) is 0.818. The van der Waals surface area contributed by atoms with E-state index in [4.69, 9.17) is 4.52 Å². The lowest BCUT2D eigenvalue weighted by Crippen LogP contribution is -2.42. The smallest absolute Gasteiger partial charge is 0.240 e. The third-order valence-electron chi connectivity index (χ3n) is 3.12. The molecule has 0 aliphatic rings. The standard InChI is InChI=1S/C17H23N3O3/c1-13-9-16(23-19-13)18-15(21)11-20(12-17(2,3)22)10-14-7-5-4-6-8-14/h4-9,22H,10-12H2,1-3H3,(H,18,21). The van der Waals surface area contributed by atoms with Crippen molar-refractivity contribution in [2.45, 2.75) is 32.9 Å². The SMILES string of the molecule is Cc1cc(NC(=O)CN(Cc2ccccc2)CC(C)(C)O)on1. The number of aliphatic hydroxyl groups is 1. The summed E-state index contributed by atoms with van der Waals surface area (Å²) in [5, 5.41) is 16.5. The van der Waals surface area contributed by atoms with Gasteiger partial charge in [0.1, 0.15) is 0 Å². The van der Waals surface area contributed by atoms with Gasteiger partial charge >= 0.3 is 0 Å². The van der Waals surface area contributed by atoms with Crippen LogP contribution >= 0.6 is 0 Å². The number of hydrogen-bond acceptors (Lipinski definition) is 5. The molecule has 1 amide bonds. The molecule has 0 atom stereocenters. The maximum absolute atomic E-state index is 12.2. The number of nitrogens with zero attached hydrogens (tertiary/aromatic N) is 2. The Balaban J connectivity index is 2.00. The van der Waals surface area contributed by atoms with Crippen molar-refractivity contribution in [2.75, 3.05) is 18.4 Å². The van der Waals surface area contributed by atoms with Gasteiger partial charge in [0.25, 0.3) is 0 Å². The van der Waals surface area contributed by atoms with Crippen molar-refractivity contribution >= 4 is 11.8 Å². The minimum absolute atomic E-state index is 0.151. The second-order valence-corrected chi connectivity index (χ2v) is 6.32. The molecule has 1 aromatic heterocycles. The Morgan fingerprint density at radius 2 is 2.04 bits per heavy atom. The Hall–Kier alpha value is -2.18. The fourth-order valence-corrected chi connectivity index (χ4v) is 2.36. The summed E-state index contributed by atoms with van der Waals surface area (Å²) in [7, 11) is 0. The summed E-state index contributed by atoms with van der Waals surface area (Å²) in [6.07, 6.45) is 0. The van der Waals surface area contributed by atoms with E-state index >= 15 is 0 Å². The van der Waals surface area contributed by atoms with E-state index < -0.39 is 5.60 Å². The topological polar surface area (TPSA) is 78.6 Å². The summed E-state index contributed by atoms with van der Waals surface area (Å²) in [5.41, 5.74) is 0.899.